The van der Waals surface area contributed by atoms with Crippen LogP contribution in [0, 0.1) is 5.92 Å². The van der Waals surface area contributed by atoms with E-state index in [2.05, 4.69) is 55.7 Å². The number of carbonyl (C=O) groups excluding carboxylic acids is 1. The molecule has 0 heterocycles. The van der Waals surface area contributed by atoms with Crippen LogP contribution in [0.15, 0.2) is 24.3 Å². The normalized spacial score (nSPS) is 17.2. The Bertz CT molecular complexity index is 571. The standard InChI is InChI=1S/C21H34N2O2/c1-15(2)17-9-7-16(8-10-17)13-23-21(6,18-11-12-18)14-22-19(24)25-20(3,4)5/h7-10,15,18,23H,11-14H2,1-6H3,(H,22,24). The fourth-order valence-corrected chi connectivity index (χ4v) is 2.97. The third-order valence-corrected chi connectivity index (χ3v) is 4.82. The lowest BCUT2D eigenvalue weighted by atomic mass is 9.95. The van der Waals surface area contributed by atoms with Gasteiger partial charge in [-0.2, -0.15) is 0 Å². The smallest absolute Gasteiger partial charge is 0.407 e. The summed E-state index contributed by atoms with van der Waals surface area (Å²) >= 11 is 0. The monoisotopic (exact) mass is 346 g/mol. The van der Waals surface area contributed by atoms with Crippen LogP contribution in [0.1, 0.15) is 71.4 Å². The molecule has 1 saturated carbocycles. The minimum Gasteiger partial charge on any atom is -0.444 e. The predicted octanol–water partition coefficient (Wildman–Crippen LogP) is 4.59. The third kappa shape index (κ3) is 6.35. The molecule has 2 N–H and O–H groups in total. The molecule has 4 nitrogen and oxygen atoms in total. The van der Waals surface area contributed by atoms with Crippen LogP contribution in [0.25, 0.3) is 0 Å². The summed E-state index contributed by atoms with van der Waals surface area (Å²) in [5.41, 5.74) is 2.06. The van der Waals surface area contributed by atoms with Crippen molar-refractivity contribution in [2.45, 2.75) is 78.0 Å². The Hall–Kier alpha value is -1.55. The first kappa shape index (κ1) is 19.8. The van der Waals surface area contributed by atoms with Crippen molar-refractivity contribution >= 4 is 6.09 Å². The van der Waals surface area contributed by atoms with E-state index in [1.54, 1.807) is 0 Å². The number of hydrogen-bond donors (Lipinski definition) is 2. The summed E-state index contributed by atoms with van der Waals surface area (Å²) in [7, 11) is 0. The van der Waals surface area contributed by atoms with Crippen LogP contribution in [0.3, 0.4) is 0 Å². The lowest BCUT2D eigenvalue weighted by molar-refractivity contribution is 0.0507. The van der Waals surface area contributed by atoms with Crippen molar-refractivity contribution < 1.29 is 9.53 Å². The molecule has 0 bridgehead atoms. The first-order valence-electron chi connectivity index (χ1n) is 9.40. The predicted molar refractivity (Wildman–Crippen MR) is 103 cm³/mol. The molecule has 1 fully saturated rings. The minimum atomic E-state index is -0.467. The number of hydrogen-bond acceptors (Lipinski definition) is 3. The highest BCUT2D eigenvalue weighted by Gasteiger charge is 2.41. The Balaban J connectivity index is 1.90. The zero-order chi connectivity index (χ0) is 18.7. The van der Waals surface area contributed by atoms with E-state index in [4.69, 9.17) is 4.74 Å². The molecule has 1 amide bonds. The van der Waals surface area contributed by atoms with Crippen molar-refractivity contribution in [2.24, 2.45) is 5.92 Å². The van der Waals surface area contributed by atoms with Gasteiger partial charge >= 0.3 is 6.09 Å². The van der Waals surface area contributed by atoms with Crippen LogP contribution in [0.2, 0.25) is 0 Å². The Morgan fingerprint density at radius 2 is 1.76 bits per heavy atom. The van der Waals surface area contributed by atoms with Gasteiger partial charge in [0, 0.05) is 18.6 Å². The zero-order valence-electron chi connectivity index (χ0n) is 16.6. The van der Waals surface area contributed by atoms with E-state index in [1.165, 1.54) is 24.0 Å². The molecule has 0 spiro atoms. The molecule has 0 saturated heterocycles. The molecule has 1 aliphatic rings. The average Bonchev–Trinajstić information content (AvgIpc) is 3.35. The van der Waals surface area contributed by atoms with Crippen LogP contribution in [-0.4, -0.2) is 23.8 Å². The van der Waals surface area contributed by atoms with Gasteiger partial charge < -0.3 is 15.4 Å². The molecule has 1 aliphatic carbocycles. The maximum atomic E-state index is 12.0. The molecule has 0 aliphatic heterocycles. The van der Waals surface area contributed by atoms with E-state index in [1.807, 2.05) is 20.8 Å². The van der Waals surface area contributed by atoms with E-state index in [0.29, 0.717) is 18.4 Å². The van der Waals surface area contributed by atoms with E-state index in [0.717, 1.165) is 6.54 Å². The topological polar surface area (TPSA) is 50.4 Å². The molecule has 25 heavy (non-hydrogen) atoms. The second kappa shape index (κ2) is 7.77. The molecule has 140 valence electrons. The van der Waals surface area contributed by atoms with Gasteiger partial charge in [0.25, 0.3) is 0 Å². The van der Waals surface area contributed by atoms with Crippen LogP contribution >= 0.6 is 0 Å². The summed E-state index contributed by atoms with van der Waals surface area (Å²) in [6.45, 7) is 13.6. The van der Waals surface area contributed by atoms with Crippen molar-refractivity contribution in [3.05, 3.63) is 35.4 Å². The number of amides is 1. The number of alkyl carbamates (subject to hydrolysis) is 1. The quantitative estimate of drug-likeness (QED) is 0.759. The molecule has 0 aromatic heterocycles. The Morgan fingerprint density at radius 3 is 2.24 bits per heavy atom. The van der Waals surface area contributed by atoms with Crippen molar-refractivity contribution in [3.8, 4) is 0 Å². The summed E-state index contributed by atoms with van der Waals surface area (Å²) in [5.74, 6) is 1.16. The largest absolute Gasteiger partial charge is 0.444 e. The summed E-state index contributed by atoms with van der Waals surface area (Å²) in [6, 6.07) is 8.79. The highest BCUT2D eigenvalue weighted by atomic mass is 16.6. The molecule has 2 rings (SSSR count). The lowest BCUT2D eigenvalue weighted by Crippen LogP contribution is -2.53. The maximum absolute atomic E-state index is 12.0. The second-order valence-electron chi connectivity index (χ2n) is 8.80. The summed E-state index contributed by atoms with van der Waals surface area (Å²) in [6.07, 6.45) is 2.08. The molecular weight excluding hydrogens is 312 g/mol. The zero-order valence-corrected chi connectivity index (χ0v) is 16.6. The van der Waals surface area contributed by atoms with E-state index in [-0.39, 0.29) is 11.6 Å². The van der Waals surface area contributed by atoms with Gasteiger partial charge in [-0.25, -0.2) is 4.79 Å². The van der Waals surface area contributed by atoms with Gasteiger partial charge in [-0.15, -0.1) is 0 Å². The fourth-order valence-electron chi connectivity index (χ4n) is 2.97. The molecule has 0 radical (unpaired) electrons. The Morgan fingerprint density at radius 1 is 1.16 bits per heavy atom. The average molecular weight is 347 g/mol. The molecule has 1 atom stereocenters. The summed E-state index contributed by atoms with van der Waals surface area (Å²) in [5, 5.41) is 6.61. The van der Waals surface area contributed by atoms with Crippen molar-refractivity contribution in [1.29, 1.82) is 0 Å². The number of nitrogens with one attached hydrogen (secondary N) is 2. The molecular formula is C21H34N2O2. The van der Waals surface area contributed by atoms with Crippen LogP contribution in [0.5, 0.6) is 0 Å². The number of benzene rings is 1. The van der Waals surface area contributed by atoms with Crippen molar-refractivity contribution in [1.82, 2.24) is 10.6 Å². The van der Waals surface area contributed by atoms with Gasteiger partial charge in [-0.05, 0) is 63.5 Å². The number of carbonyl (C=O) groups is 1. The molecule has 4 heteroatoms. The number of rotatable bonds is 7. The third-order valence-electron chi connectivity index (χ3n) is 4.82. The van der Waals surface area contributed by atoms with Crippen LogP contribution in [0.4, 0.5) is 4.79 Å². The second-order valence-corrected chi connectivity index (χ2v) is 8.80. The number of ether oxygens (including phenoxy) is 1. The van der Waals surface area contributed by atoms with Gasteiger partial charge in [-0.1, -0.05) is 38.1 Å². The van der Waals surface area contributed by atoms with E-state index >= 15 is 0 Å². The van der Waals surface area contributed by atoms with Gasteiger partial charge in [-0.3, -0.25) is 0 Å². The SMILES string of the molecule is CC(C)c1ccc(CNC(C)(CNC(=O)OC(C)(C)C)C2CC2)cc1. The molecule has 1 aromatic carbocycles. The Kier molecular flexibility index (Phi) is 6.15. The van der Waals surface area contributed by atoms with Crippen LogP contribution in [-0.2, 0) is 11.3 Å². The maximum Gasteiger partial charge on any atom is 0.407 e. The fraction of sp³-hybridized carbons (Fsp3) is 0.667. The highest BCUT2D eigenvalue weighted by Crippen LogP contribution is 2.39. The molecule has 1 aromatic rings. The first-order valence-corrected chi connectivity index (χ1v) is 9.40. The first-order chi connectivity index (χ1) is 11.6. The molecule has 1 unspecified atom stereocenters. The lowest BCUT2D eigenvalue weighted by Gasteiger charge is -2.32. The summed E-state index contributed by atoms with van der Waals surface area (Å²) < 4.78 is 5.35. The van der Waals surface area contributed by atoms with Crippen molar-refractivity contribution in [2.75, 3.05) is 6.54 Å². The van der Waals surface area contributed by atoms with Gasteiger partial charge in [0.1, 0.15) is 5.60 Å². The van der Waals surface area contributed by atoms with Crippen LogP contribution < -0.4 is 10.6 Å². The Labute approximate surface area is 152 Å². The van der Waals surface area contributed by atoms with Gasteiger partial charge in [0.05, 0.1) is 0 Å². The van der Waals surface area contributed by atoms with Gasteiger partial charge in [0.2, 0.25) is 0 Å². The highest BCUT2D eigenvalue weighted by molar-refractivity contribution is 5.67. The van der Waals surface area contributed by atoms with E-state index in [9.17, 15) is 4.79 Å². The van der Waals surface area contributed by atoms with Crippen molar-refractivity contribution in [3.63, 3.8) is 0 Å². The minimum absolute atomic E-state index is 0.104. The van der Waals surface area contributed by atoms with E-state index < -0.39 is 5.60 Å². The summed E-state index contributed by atoms with van der Waals surface area (Å²) in [4.78, 5) is 12.0. The van der Waals surface area contributed by atoms with Gasteiger partial charge in [0.15, 0.2) is 0 Å².